The molecule has 0 aromatic rings. The molecule has 2 nitrogen and oxygen atoms in total. The molecule has 0 unspecified atom stereocenters. The van der Waals surface area contributed by atoms with Crippen molar-refractivity contribution in [2.75, 3.05) is 13.2 Å². The SMILES string of the molecule is CCCCOCCC(=O)F. The van der Waals surface area contributed by atoms with Gasteiger partial charge >= 0.3 is 6.04 Å². The molecule has 3 heteroatoms. The molecule has 0 aromatic carbocycles. The molecule has 0 N–H and O–H groups in total. The molecule has 0 spiro atoms. The Labute approximate surface area is 60.4 Å². The van der Waals surface area contributed by atoms with Crippen molar-refractivity contribution in [1.29, 1.82) is 0 Å². The van der Waals surface area contributed by atoms with Crippen LogP contribution in [0, 0.1) is 0 Å². The molecular weight excluding hydrogens is 135 g/mol. The fourth-order valence-electron chi connectivity index (χ4n) is 0.501. The number of carbonyl (C=O) groups is 1. The van der Waals surface area contributed by atoms with Crippen LogP contribution in [-0.4, -0.2) is 19.3 Å². The van der Waals surface area contributed by atoms with Gasteiger partial charge in [-0.2, -0.15) is 4.39 Å². The maximum absolute atomic E-state index is 11.5. The molecule has 0 aromatic heterocycles. The Kier molecular flexibility index (Phi) is 6.38. The molecule has 0 atom stereocenters. The Morgan fingerprint density at radius 2 is 2.20 bits per heavy atom. The Hall–Kier alpha value is -0.440. The molecule has 10 heavy (non-hydrogen) atoms. The van der Waals surface area contributed by atoms with Gasteiger partial charge in [0.1, 0.15) is 0 Å². The molecule has 0 aliphatic rings. The second-order valence-corrected chi connectivity index (χ2v) is 2.07. The highest BCUT2D eigenvalue weighted by Gasteiger charge is 1.95. The van der Waals surface area contributed by atoms with Crippen molar-refractivity contribution in [3.05, 3.63) is 0 Å². The minimum atomic E-state index is -1.29. The van der Waals surface area contributed by atoms with E-state index >= 15 is 0 Å². The summed E-state index contributed by atoms with van der Waals surface area (Å²) in [5.41, 5.74) is 0. The highest BCUT2D eigenvalue weighted by molar-refractivity contribution is 5.67. The van der Waals surface area contributed by atoms with Crippen molar-refractivity contribution in [3.8, 4) is 0 Å². The maximum atomic E-state index is 11.5. The number of hydrogen-bond acceptors (Lipinski definition) is 2. The number of halogens is 1. The van der Waals surface area contributed by atoms with Crippen molar-refractivity contribution in [2.45, 2.75) is 26.2 Å². The van der Waals surface area contributed by atoms with Gasteiger partial charge in [-0.05, 0) is 6.42 Å². The summed E-state index contributed by atoms with van der Waals surface area (Å²) in [6.07, 6.45) is 1.92. The van der Waals surface area contributed by atoms with E-state index in [1.807, 2.05) is 6.92 Å². The quantitative estimate of drug-likeness (QED) is 0.423. The first kappa shape index (κ1) is 9.56. The summed E-state index contributed by atoms with van der Waals surface area (Å²) >= 11 is 0. The average molecular weight is 148 g/mol. The van der Waals surface area contributed by atoms with E-state index in [1.54, 1.807) is 0 Å². The summed E-state index contributed by atoms with van der Waals surface area (Å²) in [5, 5.41) is 0. The molecule has 0 radical (unpaired) electrons. The lowest BCUT2D eigenvalue weighted by atomic mass is 10.4. The van der Waals surface area contributed by atoms with Crippen LogP contribution in [0.2, 0.25) is 0 Å². The highest BCUT2D eigenvalue weighted by atomic mass is 19.1. The molecule has 0 saturated heterocycles. The topological polar surface area (TPSA) is 26.3 Å². The molecular formula is C7H13FO2. The van der Waals surface area contributed by atoms with Gasteiger partial charge in [-0.15, -0.1) is 0 Å². The lowest BCUT2D eigenvalue weighted by Gasteiger charge is -1.98. The van der Waals surface area contributed by atoms with Gasteiger partial charge in [0.25, 0.3) is 0 Å². The Morgan fingerprint density at radius 3 is 2.70 bits per heavy atom. The largest absolute Gasteiger partial charge is 0.381 e. The zero-order chi connectivity index (χ0) is 7.82. The minimum absolute atomic E-state index is 0.107. The van der Waals surface area contributed by atoms with Crippen LogP contribution in [0.1, 0.15) is 26.2 Å². The third-order valence-electron chi connectivity index (χ3n) is 1.09. The molecule has 60 valence electrons. The molecule has 0 aliphatic heterocycles. The number of carbonyl (C=O) groups excluding carboxylic acids is 1. The normalized spacial score (nSPS) is 9.80. The second kappa shape index (κ2) is 6.68. The van der Waals surface area contributed by atoms with E-state index in [0.29, 0.717) is 6.61 Å². The summed E-state index contributed by atoms with van der Waals surface area (Å²) in [6.45, 7) is 2.89. The maximum Gasteiger partial charge on any atom is 0.303 e. The van der Waals surface area contributed by atoms with Crippen molar-refractivity contribution in [3.63, 3.8) is 0 Å². The number of ether oxygens (including phenoxy) is 1. The van der Waals surface area contributed by atoms with Crippen LogP contribution in [0.3, 0.4) is 0 Å². The summed E-state index contributed by atoms with van der Waals surface area (Å²) < 4.78 is 16.4. The number of rotatable bonds is 6. The molecule has 0 aliphatic carbocycles. The van der Waals surface area contributed by atoms with E-state index in [4.69, 9.17) is 4.74 Å². The number of hydrogen-bond donors (Lipinski definition) is 0. The van der Waals surface area contributed by atoms with Crippen molar-refractivity contribution in [2.24, 2.45) is 0 Å². The van der Waals surface area contributed by atoms with Gasteiger partial charge in [0, 0.05) is 6.61 Å². The summed E-state index contributed by atoms with van der Waals surface area (Å²) in [7, 11) is 0. The molecule has 0 saturated carbocycles. The summed E-state index contributed by atoms with van der Waals surface area (Å²) in [5.74, 6) is 0. The van der Waals surface area contributed by atoms with Crippen molar-refractivity contribution in [1.82, 2.24) is 0 Å². The third-order valence-corrected chi connectivity index (χ3v) is 1.09. The zero-order valence-electron chi connectivity index (χ0n) is 6.23. The first-order chi connectivity index (χ1) is 4.77. The lowest BCUT2D eigenvalue weighted by Crippen LogP contribution is -2.00. The van der Waals surface area contributed by atoms with Gasteiger partial charge in [-0.1, -0.05) is 13.3 Å². The smallest absolute Gasteiger partial charge is 0.303 e. The zero-order valence-corrected chi connectivity index (χ0v) is 6.23. The molecule has 0 heterocycles. The second-order valence-electron chi connectivity index (χ2n) is 2.07. The average Bonchev–Trinajstić information content (AvgIpc) is 1.87. The van der Waals surface area contributed by atoms with Gasteiger partial charge in [0.15, 0.2) is 0 Å². The Bertz CT molecular complexity index is 93.6. The predicted octanol–water partition coefficient (Wildman–Crippen LogP) is 1.69. The van der Waals surface area contributed by atoms with E-state index < -0.39 is 6.04 Å². The van der Waals surface area contributed by atoms with Crippen LogP contribution < -0.4 is 0 Å². The standard InChI is InChI=1S/C7H13FO2/c1-2-3-5-10-6-4-7(8)9/h2-6H2,1H3. The fourth-order valence-corrected chi connectivity index (χ4v) is 0.501. The van der Waals surface area contributed by atoms with E-state index in [0.717, 1.165) is 12.8 Å². The molecule has 0 fully saturated rings. The van der Waals surface area contributed by atoms with E-state index in [1.165, 1.54) is 0 Å². The Morgan fingerprint density at radius 1 is 1.50 bits per heavy atom. The molecule has 0 amide bonds. The fraction of sp³-hybridized carbons (Fsp3) is 0.857. The van der Waals surface area contributed by atoms with Crippen LogP contribution in [0.15, 0.2) is 0 Å². The van der Waals surface area contributed by atoms with Crippen molar-refractivity contribution < 1.29 is 13.9 Å². The van der Waals surface area contributed by atoms with Gasteiger partial charge in [0.2, 0.25) is 0 Å². The molecule has 0 rings (SSSR count). The van der Waals surface area contributed by atoms with Crippen LogP contribution >= 0.6 is 0 Å². The Balaban J connectivity index is 2.84. The van der Waals surface area contributed by atoms with Crippen LogP contribution in [0.5, 0.6) is 0 Å². The first-order valence-electron chi connectivity index (χ1n) is 3.53. The van der Waals surface area contributed by atoms with Gasteiger partial charge in [-0.25, -0.2) is 0 Å². The summed E-state index contributed by atoms with van der Waals surface area (Å²) in [6, 6.07) is -1.29. The van der Waals surface area contributed by atoms with Gasteiger partial charge in [0.05, 0.1) is 13.0 Å². The highest BCUT2D eigenvalue weighted by Crippen LogP contribution is 1.90. The minimum Gasteiger partial charge on any atom is -0.381 e. The van der Waals surface area contributed by atoms with E-state index in [9.17, 15) is 9.18 Å². The van der Waals surface area contributed by atoms with Crippen LogP contribution in [0.4, 0.5) is 4.39 Å². The van der Waals surface area contributed by atoms with Crippen molar-refractivity contribution >= 4 is 6.04 Å². The van der Waals surface area contributed by atoms with E-state index in [-0.39, 0.29) is 13.0 Å². The van der Waals surface area contributed by atoms with Gasteiger partial charge in [-0.3, -0.25) is 4.79 Å². The van der Waals surface area contributed by atoms with Crippen LogP contribution in [-0.2, 0) is 9.53 Å². The first-order valence-corrected chi connectivity index (χ1v) is 3.53. The van der Waals surface area contributed by atoms with Crippen LogP contribution in [0.25, 0.3) is 0 Å². The van der Waals surface area contributed by atoms with Gasteiger partial charge < -0.3 is 4.74 Å². The number of unbranched alkanes of at least 4 members (excludes halogenated alkanes) is 1. The predicted molar refractivity (Wildman–Crippen MR) is 36.5 cm³/mol. The lowest BCUT2D eigenvalue weighted by molar-refractivity contribution is -0.130. The molecule has 0 bridgehead atoms. The third kappa shape index (κ3) is 7.56. The van der Waals surface area contributed by atoms with E-state index in [2.05, 4.69) is 0 Å². The summed E-state index contributed by atoms with van der Waals surface area (Å²) in [4.78, 5) is 9.73. The monoisotopic (exact) mass is 148 g/mol.